The van der Waals surface area contributed by atoms with Crippen molar-refractivity contribution in [3.05, 3.63) is 53.7 Å². The van der Waals surface area contributed by atoms with Gasteiger partial charge in [-0.1, -0.05) is 18.2 Å². The fourth-order valence-electron chi connectivity index (χ4n) is 3.16. The number of alkyl halides is 3. The summed E-state index contributed by atoms with van der Waals surface area (Å²) in [6.07, 6.45) is -4.49. The van der Waals surface area contributed by atoms with Gasteiger partial charge in [0, 0.05) is 13.1 Å². The van der Waals surface area contributed by atoms with Crippen LogP contribution < -0.4 is 4.90 Å². The first-order valence-electron chi connectivity index (χ1n) is 8.27. The molecule has 0 N–H and O–H groups in total. The Morgan fingerprint density at radius 1 is 1.19 bits per heavy atom. The van der Waals surface area contributed by atoms with Crippen LogP contribution in [-0.2, 0) is 22.6 Å². The summed E-state index contributed by atoms with van der Waals surface area (Å²) in [7, 11) is -4.13. The second-order valence-corrected chi connectivity index (χ2v) is 8.46. The number of aromatic nitrogens is 1. The number of benzene rings is 1. The van der Waals surface area contributed by atoms with Crippen molar-refractivity contribution in [2.24, 2.45) is 4.99 Å². The van der Waals surface area contributed by atoms with Gasteiger partial charge in [0.15, 0.2) is 9.84 Å². The lowest BCUT2D eigenvalue weighted by atomic mass is 10.2. The van der Waals surface area contributed by atoms with Gasteiger partial charge in [0.05, 0.1) is 27.9 Å². The van der Waals surface area contributed by atoms with Crippen LogP contribution in [0.3, 0.4) is 0 Å². The van der Waals surface area contributed by atoms with Crippen LogP contribution in [0.5, 0.6) is 0 Å². The number of anilines is 1. The molecule has 1 aromatic heterocycles. The van der Waals surface area contributed by atoms with Crippen molar-refractivity contribution in [1.29, 1.82) is 0 Å². The second kappa shape index (κ2) is 7.30. The van der Waals surface area contributed by atoms with E-state index in [0.717, 1.165) is 12.1 Å². The van der Waals surface area contributed by atoms with E-state index in [2.05, 4.69) is 16.7 Å². The number of hydrogen-bond donors (Lipinski definition) is 0. The smallest absolute Gasteiger partial charge is 0.355 e. The molecular weight excluding hydrogens is 379 g/mol. The van der Waals surface area contributed by atoms with E-state index in [1.54, 1.807) is 23.1 Å². The van der Waals surface area contributed by atoms with E-state index < -0.39 is 31.7 Å². The molecule has 0 spiro atoms. The minimum absolute atomic E-state index is 0.0898. The van der Waals surface area contributed by atoms with Gasteiger partial charge in [-0.15, -0.1) is 0 Å². The predicted octanol–water partition coefficient (Wildman–Crippen LogP) is 3.35. The SMILES string of the molecule is C=NCc1cccc(N2CC[C@H](S(=O)(=O)c3ccccc3C(F)(F)F)C2)n1. The van der Waals surface area contributed by atoms with Crippen molar-refractivity contribution in [1.82, 2.24) is 4.98 Å². The summed E-state index contributed by atoms with van der Waals surface area (Å²) < 4.78 is 65.4. The topological polar surface area (TPSA) is 62.6 Å². The van der Waals surface area contributed by atoms with Crippen LogP contribution in [0.1, 0.15) is 17.7 Å². The first kappa shape index (κ1) is 19.3. The second-order valence-electron chi connectivity index (χ2n) is 6.26. The van der Waals surface area contributed by atoms with E-state index in [0.29, 0.717) is 24.6 Å². The van der Waals surface area contributed by atoms with Crippen molar-refractivity contribution in [3.63, 3.8) is 0 Å². The quantitative estimate of drug-likeness (QED) is 0.726. The molecule has 1 saturated heterocycles. The van der Waals surface area contributed by atoms with Gasteiger partial charge in [0.2, 0.25) is 0 Å². The van der Waals surface area contributed by atoms with E-state index in [1.807, 2.05) is 0 Å². The standard InChI is InChI=1S/C18H18F3N3O2S/c1-22-11-13-5-4-8-17(23-13)24-10-9-14(12-24)27(25,26)16-7-3-2-6-15(16)18(19,20)21/h2-8,14H,1,9-12H2/t14-/m0/s1. The summed E-state index contributed by atoms with van der Waals surface area (Å²) in [5, 5.41) is -0.927. The molecule has 1 atom stereocenters. The minimum Gasteiger partial charge on any atom is -0.355 e. The van der Waals surface area contributed by atoms with Crippen LogP contribution in [-0.4, -0.2) is 38.5 Å². The van der Waals surface area contributed by atoms with Crippen LogP contribution in [0.2, 0.25) is 0 Å². The van der Waals surface area contributed by atoms with Crippen LogP contribution in [0.25, 0.3) is 0 Å². The van der Waals surface area contributed by atoms with Gasteiger partial charge in [0.1, 0.15) is 5.82 Å². The molecule has 1 aliphatic heterocycles. The number of rotatable bonds is 5. The van der Waals surface area contributed by atoms with E-state index in [1.165, 1.54) is 12.1 Å². The average molecular weight is 397 g/mol. The third-order valence-electron chi connectivity index (χ3n) is 4.47. The van der Waals surface area contributed by atoms with E-state index in [-0.39, 0.29) is 13.0 Å². The van der Waals surface area contributed by atoms with Crippen molar-refractivity contribution < 1.29 is 21.6 Å². The molecule has 0 radical (unpaired) electrons. The average Bonchev–Trinajstić information content (AvgIpc) is 3.13. The minimum atomic E-state index is -4.73. The molecule has 9 heteroatoms. The molecule has 0 amide bonds. The Kier molecular flexibility index (Phi) is 5.23. The fourth-order valence-corrected chi connectivity index (χ4v) is 5.07. The highest BCUT2D eigenvalue weighted by Gasteiger charge is 2.41. The number of nitrogens with zero attached hydrogens (tertiary/aromatic N) is 3. The number of pyridine rings is 1. The summed E-state index contributed by atoms with van der Waals surface area (Å²) in [5.74, 6) is 0.581. The van der Waals surface area contributed by atoms with E-state index in [4.69, 9.17) is 0 Å². The zero-order valence-electron chi connectivity index (χ0n) is 14.4. The summed E-state index contributed by atoms with van der Waals surface area (Å²) in [5.41, 5.74) is -0.433. The molecule has 1 aliphatic rings. The highest BCUT2D eigenvalue weighted by molar-refractivity contribution is 7.92. The number of aliphatic imine (C=N–C) groups is 1. The zero-order chi connectivity index (χ0) is 19.7. The Morgan fingerprint density at radius 3 is 2.63 bits per heavy atom. The monoisotopic (exact) mass is 397 g/mol. The van der Waals surface area contributed by atoms with Crippen LogP contribution in [0.15, 0.2) is 52.4 Å². The van der Waals surface area contributed by atoms with Crippen LogP contribution >= 0.6 is 0 Å². The lowest BCUT2D eigenvalue weighted by Crippen LogP contribution is -2.29. The number of sulfone groups is 1. The molecule has 2 heterocycles. The van der Waals surface area contributed by atoms with Gasteiger partial charge >= 0.3 is 6.18 Å². The maximum atomic E-state index is 13.2. The molecule has 3 rings (SSSR count). The molecule has 5 nitrogen and oxygen atoms in total. The van der Waals surface area contributed by atoms with Crippen molar-refractivity contribution >= 4 is 22.4 Å². The Balaban J connectivity index is 1.87. The molecule has 1 fully saturated rings. The van der Waals surface area contributed by atoms with E-state index in [9.17, 15) is 21.6 Å². The summed E-state index contributed by atoms with van der Waals surface area (Å²) in [6.45, 7) is 4.24. The van der Waals surface area contributed by atoms with E-state index >= 15 is 0 Å². The molecule has 27 heavy (non-hydrogen) atoms. The lowest BCUT2D eigenvalue weighted by Gasteiger charge is -2.19. The third-order valence-corrected chi connectivity index (χ3v) is 6.70. The van der Waals surface area contributed by atoms with Gasteiger partial charge in [0.25, 0.3) is 0 Å². The fraction of sp³-hybridized carbons (Fsp3) is 0.333. The van der Waals surface area contributed by atoms with Crippen molar-refractivity contribution in [2.45, 2.75) is 29.3 Å². The summed E-state index contributed by atoms with van der Waals surface area (Å²) in [4.78, 5) is 9.28. The highest BCUT2D eigenvalue weighted by atomic mass is 32.2. The maximum Gasteiger partial charge on any atom is 0.417 e. The van der Waals surface area contributed by atoms with Crippen LogP contribution in [0.4, 0.5) is 19.0 Å². The van der Waals surface area contributed by atoms with Gasteiger partial charge in [-0.2, -0.15) is 13.2 Å². The largest absolute Gasteiger partial charge is 0.417 e. The highest BCUT2D eigenvalue weighted by Crippen LogP contribution is 2.37. The molecule has 1 aromatic carbocycles. The molecule has 0 aliphatic carbocycles. The maximum absolute atomic E-state index is 13.2. The third kappa shape index (κ3) is 3.97. The molecular formula is C18H18F3N3O2S. The van der Waals surface area contributed by atoms with Crippen molar-refractivity contribution in [2.75, 3.05) is 18.0 Å². The first-order chi connectivity index (χ1) is 12.7. The Labute approximate surface area is 155 Å². The van der Waals surface area contributed by atoms with Gasteiger partial charge in [-0.3, -0.25) is 4.99 Å². The van der Waals surface area contributed by atoms with Crippen molar-refractivity contribution in [3.8, 4) is 0 Å². The Bertz CT molecular complexity index is 945. The Morgan fingerprint density at radius 2 is 1.93 bits per heavy atom. The first-order valence-corrected chi connectivity index (χ1v) is 9.81. The number of hydrogen-bond acceptors (Lipinski definition) is 5. The molecule has 144 valence electrons. The number of halogens is 3. The summed E-state index contributed by atoms with van der Waals surface area (Å²) in [6, 6.07) is 9.62. The predicted molar refractivity (Wildman–Crippen MR) is 96.7 cm³/mol. The molecule has 2 aromatic rings. The molecule has 0 bridgehead atoms. The van der Waals surface area contributed by atoms with Gasteiger partial charge in [-0.25, -0.2) is 13.4 Å². The Hall–Kier alpha value is -2.42. The van der Waals surface area contributed by atoms with Gasteiger partial charge in [-0.05, 0) is 37.4 Å². The molecule has 0 saturated carbocycles. The molecule has 0 unspecified atom stereocenters. The van der Waals surface area contributed by atoms with Gasteiger partial charge < -0.3 is 4.90 Å². The van der Waals surface area contributed by atoms with Crippen LogP contribution in [0, 0.1) is 0 Å². The lowest BCUT2D eigenvalue weighted by molar-refractivity contribution is -0.139. The zero-order valence-corrected chi connectivity index (χ0v) is 15.2. The normalized spacial score (nSPS) is 17.9. The summed E-state index contributed by atoms with van der Waals surface area (Å²) >= 11 is 0.